The SMILES string of the molecule is CCn1c(CNC(=O)c2cnc3ccccn3c2=O)nc2ccccc21. The summed E-state index contributed by atoms with van der Waals surface area (Å²) >= 11 is 0. The first-order valence-electron chi connectivity index (χ1n) is 8.38. The third-order valence-corrected chi connectivity index (χ3v) is 4.32. The largest absolute Gasteiger partial charge is 0.345 e. The number of nitrogens with one attached hydrogen (secondary N) is 1. The topological polar surface area (TPSA) is 81.3 Å². The molecule has 3 aromatic heterocycles. The van der Waals surface area contributed by atoms with Crippen molar-refractivity contribution in [2.45, 2.75) is 20.0 Å². The average Bonchev–Trinajstić information content (AvgIpc) is 3.04. The number of aromatic nitrogens is 4. The molecule has 7 heteroatoms. The maximum absolute atomic E-state index is 12.5. The Bertz CT molecular complexity index is 1180. The van der Waals surface area contributed by atoms with Gasteiger partial charge in [-0.05, 0) is 31.2 Å². The van der Waals surface area contributed by atoms with E-state index in [0.29, 0.717) is 5.65 Å². The minimum atomic E-state index is -0.463. The summed E-state index contributed by atoms with van der Waals surface area (Å²) in [6.07, 6.45) is 2.91. The number of imidazole rings is 1. The number of benzene rings is 1. The van der Waals surface area contributed by atoms with Crippen molar-refractivity contribution in [3.05, 3.63) is 76.6 Å². The monoisotopic (exact) mass is 347 g/mol. The van der Waals surface area contributed by atoms with Gasteiger partial charge in [0, 0.05) is 18.9 Å². The lowest BCUT2D eigenvalue weighted by atomic mass is 10.3. The molecule has 3 heterocycles. The van der Waals surface area contributed by atoms with Crippen molar-refractivity contribution in [1.82, 2.24) is 24.3 Å². The summed E-state index contributed by atoms with van der Waals surface area (Å²) < 4.78 is 3.40. The molecule has 0 saturated carbocycles. The fourth-order valence-corrected chi connectivity index (χ4v) is 3.05. The van der Waals surface area contributed by atoms with Crippen molar-refractivity contribution in [3.8, 4) is 0 Å². The Morgan fingerprint density at radius 1 is 1.15 bits per heavy atom. The van der Waals surface area contributed by atoms with E-state index in [1.807, 2.05) is 35.8 Å². The lowest BCUT2D eigenvalue weighted by Crippen LogP contribution is -2.32. The lowest BCUT2D eigenvalue weighted by Gasteiger charge is -2.08. The lowest BCUT2D eigenvalue weighted by molar-refractivity contribution is 0.0947. The Labute approximate surface area is 148 Å². The molecule has 0 unspecified atom stereocenters. The molecule has 0 atom stereocenters. The molecule has 0 aliphatic heterocycles. The van der Waals surface area contributed by atoms with Gasteiger partial charge < -0.3 is 9.88 Å². The molecule has 4 aromatic rings. The number of carbonyl (C=O) groups excluding carboxylic acids is 1. The number of carbonyl (C=O) groups is 1. The van der Waals surface area contributed by atoms with Gasteiger partial charge in [0.1, 0.15) is 17.0 Å². The second-order valence-electron chi connectivity index (χ2n) is 5.85. The van der Waals surface area contributed by atoms with E-state index in [2.05, 4.69) is 15.3 Å². The summed E-state index contributed by atoms with van der Waals surface area (Å²) in [7, 11) is 0. The van der Waals surface area contributed by atoms with Crippen LogP contribution in [0.2, 0.25) is 0 Å². The second kappa shape index (κ2) is 6.44. The highest BCUT2D eigenvalue weighted by atomic mass is 16.2. The third-order valence-electron chi connectivity index (χ3n) is 4.32. The molecule has 1 aromatic carbocycles. The zero-order valence-corrected chi connectivity index (χ0v) is 14.2. The Kier molecular flexibility index (Phi) is 3.96. The summed E-state index contributed by atoms with van der Waals surface area (Å²) in [6, 6.07) is 13.0. The van der Waals surface area contributed by atoms with Crippen molar-refractivity contribution >= 4 is 22.6 Å². The molecule has 1 N–H and O–H groups in total. The maximum Gasteiger partial charge on any atom is 0.270 e. The van der Waals surface area contributed by atoms with Gasteiger partial charge >= 0.3 is 0 Å². The summed E-state index contributed by atoms with van der Waals surface area (Å²) in [5.41, 5.74) is 2.02. The predicted molar refractivity (Wildman–Crippen MR) is 98.0 cm³/mol. The van der Waals surface area contributed by atoms with Gasteiger partial charge in [0.05, 0.1) is 17.6 Å². The van der Waals surface area contributed by atoms with Crippen LogP contribution in [0.5, 0.6) is 0 Å². The number of fused-ring (bicyclic) bond motifs is 2. The highest BCUT2D eigenvalue weighted by Gasteiger charge is 2.15. The minimum absolute atomic E-state index is 0.00728. The van der Waals surface area contributed by atoms with Gasteiger partial charge in [-0.25, -0.2) is 9.97 Å². The molecule has 0 spiro atoms. The molecule has 0 fully saturated rings. The van der Waals surface area contributed by atoms with Crippen molar-refractivity contribution in [2.75, 3.05) is 0 Å². The van der Waals surface area contributed by atoms with Crippen molar-refractivity contribution in [2.24, 2.45) is 0 Å². The van der Waals surface area contributed by atoms with Crippen LogP contribution in [-0.2, 0) is 13.1 Å². The quantitative estimate of drug-likeness (QED) is 0.612. The Morgan fingerprint density at radius 2 is 1.96 bits per heavy atom. The van der Waals surface area contributed by atoms with E-state index in [4.69, 9.17) is 0 Å². The van der Waals surface area contributed by atoms with Crippen LogP contribution in [0, 0.1) is 0 Å². The molecule has 130 valence electrons. The number of rotatable bonds is 4. The zero-order chi connectivity index (χ0) is 18.1. The van der Waals surface area contributed by atoms with Crippen molar-refractivity contribution < 1.29 is 4.79 Å². The van der Waals surface area contributed by atoms with Crippen LogP contribution in [0.1, 0.15) is 23.1 Å². The molecule has 0 radical (unpaired) electrons. The molecular formula is C19H17N5O2. The zero-order valence-electron chi connectivity index (χ0n) is 14.2. The van der Waals surface area contributed by atoms with Crippen LogP contribution in [0.25, 0.3) is 16.7 Å². The van der Waals surface area contributed by atoms with Gasteiger partial charge in [0.2, 0.25) is 0 Å². The number of pyridine rings is 1. The first-order chi connectivity index (χ1) is 12.7. The maximum atomic E-state index is 12.5. The van der Waals surface area contributed by atoms with Gasteiger partial charge in [0.25, 0.3) is 11.5 Å². The van der Waals surface area contributed by atoms with Gasteiger partial charge in [0.15, 0.2) is 0 Å². The normalized spacial score (nSPS) is 11.1. The third kappa shape index (κ3) is 2.63. The first kappa shape index (κ1) is 16.0. The van der Waals surface area contributed by atoms with Crippen LogP contribution in [-0.4, -0.2) is 24.8 Å². The molecule has 1 amide bonds. The number of hydrogen-bond donors (Lipinski definition) is 1. The highest BCUT2D eigenvalue weighted by molar-refractivity contribution is 5.93. The molecule has 0 saturated heterocycles. The minimum Gasteiger partial charge on any atom is -0.345 e. The summed E-state index contributed by atoms with van der Waals surface area (Å²) in [4.78, 5) is 33.7. The molecule has 26 heavy (non-hydrogen) atoms. The number of hydrogen-bond acceptors (Lipinski definition) is 4. The molecular weight excluding hydrogens is 330 g/mol. The fraction of sp³-hybridized carbons (Fsp3) is 0.158. The van der Waals surface area contributed by atoms with Crippen LogP contribution in [0.15, 0.2) is 59.7 Å². The van der Waals surface area contributed by atoms with E-state index < -0.39 is 11.5 Å². The van der Waals surface area contributed by atoms with E-state index in [1.54, 1.807) is 24.4 Å². The fourth-order valence-electron chi connectivity index (χ4n) is 3.05. The standard InChI is InChI=1S/C19H17N5O2/c1-2-23-15-8-4-3-7-14(15)22-17(23)12-21-18(25)13-11-20-16-9-5-6-10-24(16)19(13)26/h3-11H,2,12H2,1H3,(H,21,25). The summed E-state index contributed by atoms with van der Waals surface area (Å²) in [5, 5.41) is 2.78. The summed E-state index contributed by atoms with van der Waals surface area (Å²) in [6.45, 7) is 3.00. The van der Waals surface area contributed by atoms with E-state index in [-0.39, 0.29) is 12.1 Å². The summed E-state index contributed by atoms with van der Waals surface area (Å²) in [5.74, 6) is 0.284. The smallest absolute Gasteiger partial charge is 0.270 e. The Hall–Kier alpha value is -3.48. The van der Waals surface area contributed by atoms with Crippen molar-refractivity contribution in [1.29, 1.82) is 0 Å². The molecule has 0 aliphatic rings. The molecule has 0 aliphatic carbocycles. The molecule has 0 bridgehead atoms. The van der Waals surface area contributed by atoms with Crippen LogP contribution in [0.4, 0.5) is 0 Å². The van der Waals surface area contributed by atoms with Gasteiger partial charge in [-0.1, -0.05) is 18.2 Å². The van der Waals surface area contributed by atoms with E-state index >= 15 is 0 Å². The van der Waals surface area contributed by atoms with Crippen LogP contribution < -0.4 is 10.9 Å². The first-order valence-corrected chi connectivity index (χ1v) is 8.38. The van der Waals surface area contributed by atoms with Crippen LogP contribution in [0.3, 0.4) is 0 Å². The predicted octanol–water partition coefficient (Wildman–Crippen LogP) is 1.99. The second-order valence-corrected chi connectivity index (χ2v) is 5.85. The molecule has 7 nitrogen and oxygen atoms in total. The Balaban J connectivity index is 1.62. The van der Waals surface area contributed by atoms with E-state index in [9.17, 15) is 9.59 Å². The number of nitrogens with zero attached hydrogens (tertiary/aromatic N) is 4. The average molecular weight is 347 g/mol. The van der Waals surface area contributed by atoms with E-state index in [1.165, 1.54) is 10.6 Å². The number of amides is 1. The van der Waals surface area contributed by atoms with Gasteiger partial charge in [-0.15, -0.1) is 0 Å². The Morgan fingerprint density at radius 3 is 2.81 bits per heavy atom. The van der Waals surface area contributed by atoms with Crippen molar-refractivity contribution in [3.63, 3.8) is 0 Å². The van der Waals surface area contributed by atoms with Gasteiger partial charge in [-0.2, -0.15) is 0 Å². The number of aryl methyl sites for hydroxylation is 1. The van der Waals surface area contributed by atoms with Crippen LogP contribution >= 0.6 is 0 Å². The number of para-hydroxylation sites is 2. The molecule has 4 rings (SSSR count). The highest BCUT2D eigenvalue weighted by Crippen LogP contribution is 2.15. The van der Waals surface area contributed by atoms with Gasteiger partial charge in [-0.3, -0.25) is 14.0 Å². The van der Waals surface area contributed by atoms with E-state index in [0.717, 1.165) is 23.4 Å².